The van der Waals surface area contributed by atoms with E-state index in [4.69, 9.17) is 16.0 Å². The fourth-order valence-corrected chi connectivity index (χ4v) is 4.17. The van der Waals surface area contributed by atoms with Crippen LogP contribution in [0.4, 0.5) is 0 Å². The number of nitrogens with zero attached hydrogens (tertiary/aromatic N) is 2. The van der Waals surface area contributed by atoms with E-state index in [1.165, 1.54) is 16.5 Å². The van der Waals surface area contributed by atoms with Gasteiger partial charge in [0.15, 0.2) is 0 Å². The Bertz CT molecular complexity index is 1550. The van der Waals surface area contributed by atoms with Crippen molar-refractivity contribution in [2.24, 2.45) is 0 Å². The van der Waals surface area contributed by atoms with Crippen LogP contribution in [0.15, 0.2) is 95.4 Å². The maximum absolute atomic E-state index is 6.23. The number of hydrogen-bond acceptors (Lipinski definition) is 3. The monoisotopic (exact) mass is 406 g/mol. The molecule has 0 aliphatic carbocycles. The van der Waals surface area contributed by atoms with Crippen LogP contribution in [0.1, 0.15) is 0 Å². The Morgan fingerprint density at radius 2 is 1.33 bits per heavy atom. The third kappa shape index (κ3) is 2.75. The number of hydrogen-bond donors (Lipinski definition) is 0. The number of aromatic nitrogens is 2. The SMILES string of the molecule is Clc1nc(-c2ccc3cc(-c4ccccc4)ccc3c2)c2c(n1)oc1ccccc12. The van der Waals surface area contributed by atoms with Crippen LogP contribution in [0.5, 0.6) is 0 Å². The Morgan fingerprint density at radius 3 is 2.17 bits per heavy atom. The maximum Gasteiger partial charge on any atom is 0.232 e. The number of para-hydroxylation sites is 1. The van der Waals surface area contributed by atoms with Crippen molar-refractivity contribution in [3.05, 3.63) is 96.3 Å². The molecule has 6 rings (SSSR count). The third-order valence-corrected chi connectivity index (χ3v) is 5.60. The zero-order valence-electron chi connectivity index (χ0n) is 15.8. The van der Waals surface area contributed by atoms with E-state index in [0.29, 0.717) is 5.71 Å². The Balaban J connectivity index is 1.55. The van der Waals surface area contributed by atoms with Crippen molar-refractivity contribution in [2.45, 2.75) is 0 Å². The van der Waals surface area contributed by atoms with Crippen molar-refractivity contribution < 1.29 is 4.42 Å². The molecule has 30 heavy (non-hydrogen) atoms. The van der Waals surface area contributed by atoms with Gasteiger partial charge in [0.1, 0.15) is 5.58 Å². The molecule has 2 aromatic heterocycles. The van der Waals surface area contributed by atoms with Gasteiger partial charge in [0.05, 0.1) is 11.1 Å². The topological polar surface area (TPSA) is 38.9 Å². The third-order valence-electron chi connectivity index (χ3n) is 5.43. The fourth-order valence-electron chi connectivity index (χ4n) is 4.01. The Morgan fingerprint density at radius 1 is 0.633 bits per heavy atom. The summed E-state index contributed by atoms with van der Waals surface area (Å²) in [6.07, 6.45) is 0. The molecule has 4 heteroatoms. The minimum absolute atomic E-state index is 0.177. The van der Waals surface area contributed by atoms with E-state index in [2.05, 4.69) is 70.6 Å². The Labute approximate surface area is 177 Å². The molecule has 0 saturated carbocycles. The fraction of sp³-hybridized carbons (Fsp3) is 0. The van der Waals surface area contributed by atoms with E-state index in [9.17, 15) is 0 Å². The lowest BCUT2D eigenvalue weighted by Gasteiger charge is -2.08. The number of benzene rings is 4. The van der Waals surface area contributed by atoms with Gasteiger partial charge in [0, 0.05) is 10.9 Å². The van der Waals surface area contributed by atoms with Crippen LogP contribution in [0.2, 0.25) is 5.28 Å². The van der Waals surface area contributed by atoms with E-state index in [1.54, 1.807) is 0 Å². The van der Waals surface area contributed by atoms with Gasteiger partial charge in [-0.15, -0.1) is 0 Å². The average molecular weight is 407 g/mol. The van der Waals surface area contributed by atoms with Crippen LogP contribution in [0.25, 0.3) is 55.2 Å². The van der Waals surface area contributed by atoms with Gasteiger partial charge in [-0.3, -0.25) is 0 Å². The molecule has 0 atom stereocenters. The highest BCUT2D eigenvalue weighted by molar-refractivity contribution is 6.29. The minimum atomic E-state index is 0.177. The molecule has 0 amide bonds. The lowest BCUT2D eigenvalue weighted by Crippen LogP contribution is -1.90. The van der Waals surface area contributed by atoms with Gasteiger partial charge in [0.25, 0.3) is 0 Å². The summed E-state index contributed by atoms with van der Waals surface area (Å²) in [5.74, 6) is 0. The highest BCUT2D eigenvalue weighted by Gasteiger charge is 2.16. The second-order valence-corrected chi connectivity index (χ2v) is 7.60. The molecule has 4 aromatic carbocycles. The summed E-state index contributed by atoms with van der Waals surface area (Å²) in [6, 6.07) is 31.1. The van der Waals surface area contributed by atoms with Gasteiger partial charge in [0.2, 0.25) is 11.0 Å². The smallest absolute Gasteiger partial charge is 0.232 e. The summed E-state index contributed by atoms with van der Waals surface area (Å²) in [6.45, 7) is 0. The van der Waals surface area contributed by atoms with Gasteiger partial charge in [-0.25, -0.2) is 4.98 Å². The van der Waals surface area contributed by atoms with Gasteiger partial charge in [-0.2, -0.15) is 4.98 Å². The van der Waals surface area contributed by atoms with E-state index in [-0.39, 0.29) is 5.28 Å². The van der Waals surface area contributed by atoms with E-state index < -0.39 is 0 Å². The summed E-state index contributed by atoms with van der Waals surface area (Å²) < 4.78 is 5.91. The van der Waals surface area contributed by atoms with E-state index >= 15 is 0 Å². The van der Waals surface area contributed by atoms with Crippen LogP contribution >= 0.6 is 11.6 Å². The molecule has 6 aromatic rings. The van der Waals surface area contributed by atoms with Gasteiger partial charge >= 0.3 is 0 Å². The molecule has 0 aliphatic heterocycles. The average Bonchev–Trinajstić information content (AvgIpc) is 3.16. The predicted molar refractivity (Wildman–Crippen MR) is 123 cm³/mol. The molecule has 0 unspecified atom stereocenters. The minimum Gasteiger partial charge on any atom is -0.438 e. The molecular formula is C26H15ClN2O. The lowest BCUT2D eigenvalue weighted by atomic mass is 9.98. The van der Waals surface area contributed by atoms with Crippen molar-refractivity contribution in [3.8, 4) is 22.4 Å². The van der Waals surface area contributed by atoms with Gasteiger partial charge in [-0.05, 0) is 51.7 Å². The van der Waals surface area contributed by atoms with Gasteiger partial charge < -0.3 is 4.42 Å². The van der Waals surface area contributed by atoms with Crippen molar-refractivity contribution in [3.63, 3.8) is 0 Å². The molecule has 0 saturated heterocycles. The standard InChI is InChI=1S/C26H15ClN2O/c27-26-28-24(23-21-8-4-5-9-22(21)30-25(23)29-26)20-13-12-18-14-17(10-11-19(18)15-20)16-6-2-1-3-7-16/h1-15H. The molecular weight excluding hydrogens is 392 g/mol. The Kier molecular flexibility index (Phi) is 3.83. The summed E-state index contributed by atoms with van der Waals surface area (Å²) in [5, 5.41) is 4.36. The second kappa shape index (κ2) is 6.68. The summed E-state index contributed by atoms with van der Waals surface area (Å²) >= 11 is 6.23. The first kappa shape index (κ1) is 17.2. The number of furan rings is 1. The first-order valence-corrected chi connectivity index (χ1v) is 10.1. The molecule has 142 valence electrons. The van der Waals surface area contributed by atoms with E-state index in [1.807, 2.05) is 30.3 Å². The van der Waals surface area contributed by atoms with Crippen LogP contribution in [-0.2, 0) is 0 Å². The maximum atomic E-state index is 6.23. The second-order valence-electron chi connectivity index (χ2n) is 7.26. The molecule has 0 bridgehead atoms. The normalized spacial score (nSPS) is 11.5. The largest absolute Gasteiger partial charge is 0.438 e. The van der Waals surface area contributed by atoms with Crippen LogP contribution in [0, 0.1) is 0 Å². The lowest BCUT2D eigenvalue weighted by molar-refractivity contribution is 0.653. The molecule has 0 aliphatic rings. The molecule has 3 nitrogen and oxygen atoms in total. The van der Waals surface area contributed by atoms with Crippen LogP contribution < -0.4 is 0 Å². The molecule has 2 heterocycles. The molecule has 0 radical (unpaired) electrons. The zero-order valence-corrected chi connectivity index (χ0v) is 16.6. The van der Waals surface area contributed by atoms with Gasteiger partial charge in [-0.1, -0.05) is 72.8 Å². The number of fused-ring (bicyclic) bond motifs is 4. The molecule has 0 fully saturated rings. The van der Waals surface area contributed by atoms with Crippen LogP contribution in [-0.4, -0.2) is 9.97 Å². The van der Waals surface area contributed by atoms with Crippen LogP contribution in [0.3, 0.4) is 0 Å². The molecule has 0 spiro atoms. The van der Waals surface area contributed by atoms with E-state index in [0.717, 1.165) is 33.0 Å². The first-order chi connectivity index (χ1) is 14.8. The van der Waals surface area contributed by atoms with Crippen molar-refractivity contribution in [2.75, 3.05) is 0 Å². The summed E-state index contributed by atoms with van der Waals surface area (Å²) in [5.41, 5.74) is 5.45. The van der Waals surface area contributed by atoms with Crippen molar-refractivity contribution in [1.29, 1.82) is 0 Å². The predicted octanol–water partition coefficient (Wildman–Crippen LogP) is 7.52. The first-order valence-electron chi connectivity index (χ1n) is 9.71. The number of halogens is 1. The Hall–Kier alpha value is -3.69. The quantitative estimate of drug-likeness (QED) is 0.279. The zero-order chi connectivity index (χ0) is 20.1. The molecule has 0 N–H and O–H groups in total. The van der Waals surface area contributed by atoms with Crippen molar-refractivity contribution in [1.82, 2.24) is 9.97 Å². The summed E-state index contributed by atoms with van der Waals surface area (Å²) in [7, 11) is 0. The van der Waals surface area contributed by atoms with Crippen molar-refractivity contribution >= 4 is 44.4 Å². The highest BCUT2D eigenvalue weighted by Crippen LogP contribution is 2.36. The highest BCUT2D eigenvalue weighted by atomic mass is 35.5. The number of rotatable bonds is 2. The summed E-state index contributed by atoms with van der Waals surface area (Å²) in [4.78, 5) is 8.85.